The van der Waals surface area contributed by atoms with Crippen LogP contribution < -0.4 is 20.7 Å². The van der Waals surface area contributed by atoms with E-state index in [1.54, 1.807) is 31.2 Å². The number of halogens is 2. The fourth-order valence-corrected chi connectivity index (χ4v) is 5.65. The van der Waals surface area contributed by atoms with E-state index in [-0.39, 0.29) is 49.9 Å². The highest BCUT2D eigenvalue weighted by Crippen LogP contribution is 2.45. The first-order valence-electron chi connectivity index (χ1n) is 14.6. The summed E-state index contributed by atoms with van der Waals surface area (Å²) in [5.41, 5.74) is -0.375. The second kappa shape index (κ2) is 13.0. The minimum atomic E-state index is -2.77. The van der Waals surface area contributed by atoms with Gasteiger partial charge in [0, 0.05) is 25.2 Å². The lowest BCUT2D eigenvalue weighted by molar-refractivity contribution is -0.137. The third kappa shape index (κ3) is 8.25. The van der Waals surface area contributed by atoms with E-state index in [0.29, 0.717) is 37.0 Å². The standard InChI is InChI=1S/C30H41F2N3O7/c1-17(33-27(39)20-6-8-21(36)9-7-20)26(38)35-24(12-18-4-10-22(41-3)11-5-18)28(40)34-23(25(37)29(2)16-42-29)13-19-14-30(31,32)15-19/h4-5,10-11,17,19-21,23-24,36H,6-9,12-16H2,1-3H3,(H,33,39)(H,34,40)(H,35,38)/t17-,20?,21?,23+,24+,29-/m1/s1. The average molecular weight is 594 g/mol. The Labute approximate surface area is 244 Å². The maximum absolute atomic E-state index is 13.6. The highest BCUT2D eigenvalue weighted by atomic mass is 19.3. The summed E-state index contributed by atoms with van der Waals surface area (Å²) in [5.74, 6) is -4.82. The Bertz CT molecular complexity index is 1140. The molecule has 0 aromatic heterocycles. The Morgan fingerprint density at radius 3 is 2.14 bits per heavy atom. The lowest BCUT2D eigenvalue weighted by atomic mass is 9.76. The maximum atomic E-state index is 13.6. The van der Waals surface area contributed by atoms with Gasteiger partial charge in [-0.2, -0.15) is 0 Å². The highest BCUT2D eigenvalue weighted by Gasteiger charge is 2.53. The Morgan fingerprint density at radius 1 is 1.00 bits per heavy atom. The summed E-state index contributed by atoms with van der Waals surface area (Å²) >= 11 is 0. The van der Waals surface area contributed by atoms with E-state index in [1.807, 2.05) is 0 Å². The fourth-order valence-electron chi connectivity index (χ4n) is 5.65. The lowest BCUT2D eigenvalue weighted by Crippen LogP contribution is -2.57. The van der Waals surface area contributed by atoms with Crippen molar-refractivity contribution in [3.63, 3.8) is 0 Å². The number of benzene rings is 1. The van der Waals surface area contributed by atoms with Gasteiger partial charge in [-0.1, -0.05) is 12.1 Å². The average Bonchev–Trinajstić information content (AvgIpc) is 3.69. The normalized spacial score (nSPS) is 27.0. The van der Waals surface area contributed by atoms with E-state index in [4.69, 9.17) is 9.47 Å². The van der Waals surface area contributed by atoms with Crippen LogP contribution in [0.2, 0.25) is 0 Å². The van der Waals surface area contributed by atoms with Crippen LogP contribution >= 0.6 is 0 Å². The number of aliphatic hydroxyl groups excluding tert-OH is 1. The Balaban J connectivity index is 1.45. The van der Waals surface area contributed by atoms with Gasteiger partial charge < -0.3 is 30.5 Å². The molecular weight excluding hydrogens is 552 g/mol. The molecule has 3 amide bonds. The van der Waals surface area contributed by atoms with Crippen LogP contribution in [0.15, 0.2) is 24.3 Å². The largest absolute Gasteiger partial charge is 0.497 e. The first kappa shape index (κ1) is 31.8. The number of carbonyl (C=O) groups excluding carboxylic acids is 4. The number of amides is 3. The number of alkyl halides is 2. The SMILES string of the molecule is COc1ccc(C[C@H](NC(=O)[C@@H](C)NC(=O)C2CCC(O)CC2)C(=O)N[C@@H](CC2CC(F)(F)C2)C(=O)[C@@]2(C)CO2)cc1. The van der Waals surface area contributed by atoms with Crippen molar-refractivity contribution in [3.05, 3.63) is 29.8 Å². The molecule has 4 atom stereocenters. The zero-order chi connectivity index (χ0) is 30.7. The molecule has 1 aliphatic heterocycles. The number of methoxy groups -OCH3 is 1. The second-order valence-electron chi connectivity index (χ2n) is 12.2. The van der Waals surface area contributed by atoms with E-state index in [1.165, 1.54) is 14.0 Å². The van der Waals surface area contributed by atoms with E-state index in [2.05, 4.69) is 16.0 Å². The monoisotopic (exact) mass is 593 g/mol. The molecule has 0 bridgehead atoms. The Kier molecular flexibility index (Phi) is 9.87. The van der Waals surface area contributed by atoms with Crippen LogP contribution in [0.4, 0.5) is 8.78 Å². The summed E-state index contributed by atoms with van der Waals surface area (Å²) in [6.45, 7) is 3.29. The summed E-state index contributed by atoms with van der Waals surface area (Å²) in [7, 11) is 1.52. The molecule has 42 heavy (non-hydrogen) atoms. The molecule has 10 nitrogen and oxygen atoms in total. The molecule has 1 heterocycles. The predicted octanol–water partition coefficient (Wildman–Crippen LogP) is 2.06. The van der Waals surface area contributed by atoms with Gasteiger partial charge in [0.25, 0.3) is 0 Å². The van der Waals surface area contributed by atoms with Crippen molar-refractivity contribution in [3.8, 4) is 5.75 Å². The molecule has 0 spiro atoms. The minimum Gasteiger partial charge on any atom is -0.497 e. The van der Waals surface area contributed by atoms with E-state index in [9.17, 15) is 33.1 Å². The first-order valence-corrected chi connectivity index (χ1v) is 14.6. The predicted molar refractivity (Wildman–Crippen MR) is 148 cm³/mol. The molecule has 3 fully saturated rings. The molecule has 1 saturated heterocycles. The molecule has 4 N–H and O–H groups in total. The van der Waals surface area contributed by atoms with Crippen molar-refractivity contribution in [1.29, 1.82) is 0 Å². The van der Waals surface area contributed by atoms with Crippen LogP contribution in [0.1, 0.15) is 64.4 Å². The van der Waals surface area contributed by atoms with Crippen LogP contribution in [-0.4, -0.2) is 78.1 Å². The molecule has 232 valence electrons. The second-order valence-corrected chi connectivity index (χ2v) is 12.2. The van der Waals surface area contributed by atoms with Gasteiger partial charge in [0.2, 0.25) is 23.6 Å². The number of hydrogen-bond acceptors (Lipinski definition) is 7. The van der Waals surface area contributed by atoms with Gasteiger partial charge in [-0.15, -0.1) is 0 Å². The Morgan fingerprint density at radius 2 is 1.60 bits per heavy atom. The quantitative estimate of drug-likeness (QED) is 0.256. The summed E-state index contributed by atoms with van der Waals surface area (Å²) in [6, 6.07) is 3.78. The van der Waals surface area contributed by atoms with Gasteiger partial charge in [-0.3, -0.25) is 19.2 Å². The highest BCUT2D eigenvalue weighted by molar-refractivity contribution is 5.98. The van der Waals surface area contributed by atoms with Crippen molar-refractivity contribution in [2.24, 2.45) is 11.8 Å². The van der Waals surface area contributed by atoms with Crippen molar-refractivity contribution in [1.82, 2.24) is 16.0 Å². The summed E-state index contributed by atoms with van der Waals surface area (Å²) in [6.07, 6.45) is 1.07. The number of hydrogen-bond donors (Lipinski definition) is 4. The summed E-state index contributed by atoms with van der Waals surface area (Å²) in [4.78, 5) is 52.7. The van der Waals surface area contributed by atoms with Gasteiger partial charge in [0.15, 0.2) is 5.78 Å². The van der Waals surface area contributed by atoms with Crippen LogP contribution in [-0.2, 0) is 30.3 Å². The molecular formula is C30H41F2N3O7. The van der Waals surface area contributed by atoms with Gasteiger partial charge in [-0.25, -0.2) is 8.78 Å². The van der Waals surface area contributed by atoms with E-state index >= 15 is 0 Å². The van der Waals surface area contributed by atoms with Crippen molar-refractivity contribution in [2.75, 3.05) is 13.7 Å². The van der Waals surface area contributed by atoms with E-state index in [0.717, 1.165) is 0 Å². The smallest absolute Gasteiger partial charge is 0.248 e. The van der Waals surface area contributed by atoms with Crippen molar-refractivity contribution < 1.29 is 42.5 Å². The number of ether oxygens (including phenoxy) is 2. The molecule has 12 heteroatoms. The third-order valence-electron chi connectivity index (χ3n) is 8.53. The third-order valence-corrected chi connectivity index (χ3v) is 8.53. The fraction of sp³-hybridized carbons (Fsp3) is 0.667. The number of aliphatic hydroxyl groups is 1. The van der Waals surface area contributed by atoms with Gasteiger partial charge in [0.05, 0.1) is 25.9 Å². The number of carbonyl (C=O) groups is 4. The van der Waals surface area contributed by atoms with Crippen molar-refractivity contribution in [2.45, 2.75) is 101 Å². The topological polar surface area (TPSA) is 146 Å². The summed E-state index contributed by atoms with van der Waals surface area (Å²) < 4.78 is 37.5. The molecule has 1 aromatic rings. The van der Waals surface area contributed by atoms with Gasteiger partial charge in [-0.05, 0) is 69.6 Å². The zero-order valence-corrected chi connectivity index (χ0v) is 24.3. The molecule has 0 radical (unpaired) electrons. The number of rotatable bonds is 13. The minimum absolute atomic E-state index is 0.0465. The van der Waals surface area contributed by atoms with Gasteiger partial charge >= 0.3 is 0 Å². The number of epoxide rings is 1. The number of nitrogens with one attached hydrogen (secondary N) is 3. The Hall–Kier alpha value is -3.12. The van der Waals surface area contributed by atoms with Crippen LogP contribution in [0.3, 0.4) is 0 Å². The molecule has 2 aliphatic carbocycles. The summed E-state index contributed by atoms with van der Waals surface area (Å²) in [5, 5.41) is 17.8. The molecule has 3 aliphatic rings. The van der Waals surface area contributed by atoms with Gasteiger partial charge in [0.1, 0.15) is 23.4 Å². The van der Waals surface area contributed by atoms with Crippen LogP contribution in [0.5, 0.6) is 5.75 Å². The number of Topliss-reactive ketones (excluding diaryl/α,β-unsaturated/α-hetero) is 1. The molecule has 2 saturated carbocycles. The van der Waals surface area contributed by atoms with Crippen LogP contribution in [0.25, 0.3) is 0 Å². The molecule has 4 rings (SSSR count). The lowest BCUT2D eigenvalue weighted by Gasteiger charge is -2.37. The maximum Gasteiger partial charge on any atom is 0.248 e. The molecule has 0 unspecified atom stereocenters. The van der Waals surface area contributed by atoms with Crippen molar-refractivity contribution >= 4 is 23.5 Å². The zero-order valence-electron chi connectivity index (χ0n) is 24.3. The van der Waals surface area contributed by atoms with Crippen LogP contribution in [0, 0.1) is 11.8 Å². The molecule has 1 aromatic carbocycles. The van der Waals surface area contributed by atoms with E-state index < -0.39 is 53.5 Å². The number of ketones is 1. The first-order chi connectivity index (χ1) is 19.8.